The average Bonchev–Trinajstić information content (AvgIpc) is 2.42. The molecule has 0 aliphatic carbocycles. The first-order valence-corrected chi connectivity index (χ1v) is 5.90. The van der Waals surface area contributed by atoms with Crippen LogP contribution in [-0.2, 0) is 11.3 Å². The van der Waals surface area contributed by atoms with Crippen LogP contribution >= 0.6 is 0 Å². The molecule has 0 heterocycles. The van der Waals surface area contributed by atoms with Crippen LogP contribution in [0.15, 0.2) is 54.6 Å². The predicted molar refractivity (Wildman–Crippen MR) is 69.4 cm³/mol. The van der Waals surface area contributed by atoms with Crippen LogP contribution in [0.5, 0.6) is 0 Å². The molecule has 0 aliphatic rings. The van der Waals surface area contributed by atoms with Crippen LogP contribution in [0.4, 0.5) is 4.39 Å². The van der Waals surface area contributed by atoms with E-state index in [4.69, 9.17) is 10.5 Å². The van der Waals surface area contributed by atoms with Crippen molar-refractivity contribution in [2.75, 3.05) is 6.54 Å². The highest BCUT2D eigenvalue weighted by Crippen LogP contribution is 2.18. The highest BCUT2D eigenvalue weighted by atomic mass is 19.1. The molecule has 2 aromatic rings. The Labute approximate surface area is 106 Å². The van der Waals surface area contributed by atoms with Crippen molar-refractivity contribution in [2.45, 2.75) is 12.7 Å². The summed E-state index contributed by atoms with van der Waals surface area (Å²) in [5, 5.41) is 0. The van der Waals surface area contributed by atoms with Gasteiger partial charge in [0.25, 0.3) is 0 Å². The second-order valence-electron chi connectivity index (χ2n) is 4.07. The van der Waals surface area contributed by atoms with Gasteiger partial charge in [0.15, 0.2) is 0 Å². The van der Waals surface area contributed by atoms with Gasteiger partial charge in [-0.25, -0.2) is 4.39 Å². The zero-order valence-electron chi connectivity index (χ0n) is 10.1. The van der Waals surface area contributed by atoms with Crippen molar-refractivity contribution in [3.8, 4) is 0 Å². The second kappa shape index (κ2) is 6.28. The van der Waals surface area contributed by atoms with E-state index in [9.17, 15) is 4.39 Å². The van der Waals surface area contributed by atoms with E-state index in [1.807, 2.05) is 30.3 Å². The summed E-state index contributed by atoms with van der Waals surface area (Å²) in [4.78, 5) is 0. The van der Waals surface area contributed by atoms with E-state index in [0.29, 0.717) is 13.2 Å². The van der Waals surface area contributed by atoms with Gasteiger partial charge in [0.05, 0.1) is 12.7 Å². The molecule has 0 saturated heterocycles. The molecular weight excluding hydrogens is 229 g/mol. The van der Waals surface area contributed by atoms with Gasteiger partial charge in [-0.05, 0) is 23.3 Å². The van der Waals surface area contributed by atoms with Crippen LogP contribution in [0.2, 0.25) is 0 Å². The zero-order valence-corrected chi connectivity index (χ0v) is 10.1. The summed E-state index contributed by atoms with van der Waals surface area (Å²) in [6.45, 7) is 0.874. The monoisotopic (exact) mass is 245 g/mol. The van der Waals surface area contributed by atoms with Crippen molar-refractivity contribution in [1.29, 1.82) is 0 Å². The third-order valence-electron chi connectivity index (χ3n) is 2.75. The Hall–Kier alpha value is -1.71. The molecule has 0 spiro atoms. The van der Waals surface area contributed by atoms with Crippen LogP contribution in [0.1, 0.15) is 17.2 Å². The minimum absolute atomic E-state index is 0.203. The molecule has 18 heavy (non-hydrogen) atoms. The van der Waals surface area contributed by atoms with Crippen molar-refractivity contribution in [2.24, 2.45) is 5.73 Å². The Kier molecular flexibility index (Phi) is 4.45. The predicted octanol–water partition coefficient (Wildman–Crippen LogP) is 3.04. The summed E-state index contributed by atoms with van der Waals surface area (Å²) in [5.74, 6) is -0.252. The van der Waals surface area contributed by atoms with Gasteiger partial charge < -0.3 is 10.5 Å². The van der Waals surface area contributed by atoms with Crippen molar-refractivity contribution in [3.05, 3.63) is 71.5 Å². The average molecular weight is 245 g/mol. The van der Waals surface area contributed by atoms with Gasteiger partial charge >= 0.3 is 0 Å². The van der Waals surface area contributed by atoms with Crippen LogP contribution in [0.25, 0.3) is 0 Å². The third-order valence-corrected chi connectivity index (χ3v) is 2.75. The molecule has 2 N–H and O–H groups in total. The summed E-state index contributed by atoms with van der Waals surface area (Å²) >= 11 is 0. The Morgan fingerprint density at radius 1 is 1.00 bits per heavy atom. The fourth-order valence-corrected chi connectivity index (χ4v) is 1.75. The lowest BCUT2D eigenvalue weighted by Crippen LogP contribution is -2.15. The standard InChI is InChI=1S/C15H16FNO/c16-14-8-6-13(7-9-14)15(10-17)18-11-12-4-2-1-3-5-12/h1-9,15H,10-11,17H2. The zero-order chi connectivity index (χ0) is 12.8. The Balaban J connectivity index is 1.99. The van der Waals surface area contributed by atoms with E-state index in [1.165, 1.54) is 12.1 Å². The first kappa shape index (κ1) is 12.7. The Bertz CT molecular complexity index is 470. The van der Waals surface area contributed by atoms with Crippen molar-refractivity contribution < 1.29 is 9.13 Å². The maximum absolute atomic E-state index is 12.8. The van der Waals surface area contributed by atoms with Crippen molar-refractivity contribution >= 4 is 0 Å². The lowest BCUT2D eigenvalue weighted by Gasteiger charge is -2.16. The summed E-state index contributed by atoms with van der Waals surface area (Å²) in [5.41, 5.74) is 7.68. The molecular formula is C15H16FNO. The molecule has 94 valence electrons. The van der Waals surface area contributed by atoms with E-state index in [0.717, 1.165) is 11.1 Å². The maximum Gasteiger partial charge on any atom is 0.123 e. The molecule has 0 bridgehead atoms. The van der Waals surface area contributed by atoms with Gasteiger partial charge in [-0.15, -0.1) is 0 Å². The molecule has 1 unspecified atom stereocenters. The van der Waals surface area contributed by atoms with Gasteiger partial charge in [-0.1, -0.05) is 42.5 Å². The molecule has 2 rings (SSSR count). The molecule has 0 saturated carbocycles. The third kappa shape index (κ3) is 3.39. The number of hydrogen-bond donors (Lipinski definition) is 1. The number of rotatable bonds is 5. The SMILES string of the molecule is NCC(OCc1ccccc1)c1ccc(F)cc1. The number of halogens is 1. The van der Waals surface area contributed by atoms with E-state index in [-0.39, 0.29) is 11.9 Å². The van der Waals surface area contributed by atoms with Crippen molar-refractivity contribution in [3.63, 3.8) is 0 Å². The fraction of sp³-hybridized carbons (Fsp3) is 0.200. The normalized spacial score (nSPS) is 12.3. The van der Waals surface area contributed by atoms with Gasteiger partial charge in [0.1, 0.15) is 5.82 Å². The minimum atomic E-state index is -0.252. The highest BCUT2D eigenvalue weighted by molar-refractivity contribution is 5.19. The van der Waals surface area contributed by atoms with Gasteiger partial charge in [0, 0.05) is 6.54 Å². The molecule has 0 aliphatic heterocycles. The topological polar surface area (TPSA) is 35.2 Å². The van der Waals surface area contributed by atoms with Crippen LogP contribution in [0.3, 0.4) is 0 Å². The number of ether oxygens (including phenoxy) is 1. The minimum Gasteiger partial charge on any atom is -0.368 e. The van der Waals surface area contributed by atoms with Gasteiger partial charge in [-0.2, -0.15) is 0 Å². The smallest absolute Gasteiger partial charge is 0.123 e. The molecule has 0 radical (unpaired) electrons. The van der Waals surface area contributed by atoms with Crippen LogP contribution in [0, 0.1) is 5.82 Å². The van der Waals surface area contributed by atoms with Crippen molar-refractivity contribution in [1.82, 2.24) is 0 Å². The summed E-state index contributed by atoms with van der Waals surface area (Å²) < 4.78 is 18.6. The lowest BCUT2D eigenvalue weighted by molar-refractivity contribution is 0.0456. The second-order valence-corrected chi connectivity index (χ2v) is 4.07. The van der Waals surface area contributed by atoms with Gasteiger partial charge in [-0.3, -0.25) is 0 Å². The summed E-state index contributed by atoms with van der Waals surface area (Å²) in [7, 11) is 0. The first-order valence-electron chi connectivity index (χ1n) is 5.90. The number of benzene rings is 2. The number of hydrogen-bond acceptors (Lipinski definition) is 2. The molecule has 0 fully saturated rings. The van der Waals surface area contributed by atoms with E-state index in [1.54, 1.807) is 12.1 Å². The quantitative estimate of drug-likeness (QED) is 0.878. The summed E-state index contributed by atoms with van der Waals surface area (Å²) in [6, 6.07) is 16.1. The Morgan fingerprint density at radius 3 is 2.28 bits per heavy atom. The first-order chi connectivity index (χ1) is 8.79. The maximum atomic E-state index is 12.8. The fourth-order valence-electron chi connectivity index (χ4n) is 1.75. The molecule has 3 heteroatoms. The number of nitrogens with two attached hydrogens (primary N) is 1. The molecule has 0 amide bonds. The molecule has 2 aromatic carbocycles. The lowest BCUT2D eigenvalue weighted by atomic mass is 10.1. The molecule has 1 atom stereocenters. The van der Waals surface area contributed by atoms with E-state index in [2.05, 4.69) is 0 Å². The van der Waals surface area contributed by atoms with Gasteiger partial charge in [0.2, 0.25) is 0 Å². The van der Waals surface area contributed by atoms with E-state index < -0.39 is 0 Å². The molecule has 0 aromatic heterocycles. The Morgan fingerprint density at radius 2 is 1.67 bits per heavy atom. The van der Waals surface area contributed by atoms with Crippen LogP contribution in [-0.4, -0.2) is 6.54 Å². The van der Waals surface area contributed by atoms with E-state index >= 15 is 0 Å². The molecule has 2 nitrogen and oxygen atoms in total. The largest absolute Gasteiger partial charge is 0.368 e. The highest BCUT2D eigenvalue weighted by Gasteiger charge is 2.10. The van der Waals surface area contributed by atoms with Crippen LogP contribution < -0.4 is 5.73 Å². The summed E-state index contributed by atoms with van der Waals surface area (Å²) in [6.07, 6.45) is -0.203.